The van der Waals surface area contributed by atoms with Crippen molar-refractivity contribution in [2.45, 2.75) is 76.9 Å². The zero-order chi connectivity index (χ0) is 28.7. The van der Waals surface area contributed by atoms with Crippen LogP contribution in [-0.2, 0) is 25.5 Å². The quantitative estimate of drug-likeness (QED) is 0.358. The van der Waals surface area contributed by atoms with E-state index < -0.39 is 0 Å². The van der Waals surface area contributed by atoms with Crippen LogP contribution >= 0.6 is 0 Å². The van der Waals surface area contributed by atoms with E-state index in [1.807, 2.05) is 52.9 Å². The van der Waals surface area contributed by atoms with Gasteiger partial charge < -0.3 is 28.2 Å². The topological polar surface area (TPSA) is 91.9 Å². The molecule has 42 heavy (non-hydrogen) atoms. The summed E-state index contributed by atoms with van der Waals surface area (Å²) in [5.74, 6) is 8.19. The van der Waals surface area contributed by atoms with Crippen molar-refractivity contribution in [1.29, 1.82) is 0 Å². The van der Waals surface area contributed by atoms with Crippen LogP contribution in [-0.4, -0.2) is 64.2 Å². The normalized spacial score (nSPS) is 21.7. The second-order valence-electron chi connectivity index (χ2n) is 11.1. The molecular formula is C33H38N4O5. The van der Waals surface area contributed by atoms with E-state index in [2.05, 4.69) is 28.1 Å². The largest absolute Gasteiger partial charge is 0.368 e. The number of aromatic nitrogens is 3. The van der Waals surface area contributed by atoms with Gasteiger partial charge in [0, 0.05) is 61.5 Å². The first-order valence-electron chi connectivity index (χ1n) is 15.1. The van der Waals surface area contributed by atoms with Crippen molar-refractivity contribution in [3.05, 3.63) is 71.5 Å². The van der Waals surface area contributed by atoms with Gasteiger partial charge in [0.15, 0.2) is 12.1 Å². The molecular weight excluding hydrogens is 532 g/mol. The van der Waals surface area contributed by atoms with Gasteiger partial charge in [-0.25, -0.2) is 4.98 Å². The minimum Gasteiger partial charge on any atom is -0.368 e. The summed E-state index contributed by atoms with van der Waals surface area (Å²) in [6, 6.07) is 9.93. The lowest BCUT2D eigenvalue weighted by Gasteiger charge is -2.30. The van der Waals surface area contributed by atoms with Crippen molar-refractivity contribution >= 4 is 5.91 Å². The van der Waals surface area contributed by atoms with E-state index in [1.165, 1.54) is 0 Å². The highest BCUT2D eigenvalue weighted by atomic mass is 16.7. The maximum atomic E-state index is 12.7. The fraction of sp³-hybridized carbons (Fsp3) is 0.485. The summed E-state index contributed by atoms with van der Waals surface area (Å²) in [6.45, 7) is 5.25. The minimum atomic E-state index is -0.271. The van der Waals surface area contributed by atoms with Gasteiger partial charge in [-0.2, -0.15) is 0 Å². The van der Waals surface area contributed by atoms with Crippen molar-refractivity contribution in [3.8, 4) is 23.2 Å². The Bertz CT molecular complexity index is 1430. The van der Waals surface area contributed by atoms with Gasteiger partial charge in [-0.3, -0.25) is 4.79 Å². The smallest absolute Gasteiger partial charge is 0.251 e. The molecule has 3 aliphatic rings. The Morgan fingerprint density at radius 1 is 1.10 bits per heavy atom. The fourth-order valence-electron chi connectivity index (χ4n) is 5.61. The Morgan fingerprint density at radius 3 is 2.67 bits per heavy atom. The highest BCUT2D eigenvalue weighted by Gasteiger charge is 2.27. The summed E-state index contributed by atoms with van der Waals surface area (Å²) in [7, 11) is 0. The molecule has 5 heterocycles. The van der Waals surface area contributed by atoms with Gasteiger partial charge >= 0.3 is 0 Å². The van der Waals surface area contributed by atoms with Gasteiger partial charge in [0.1, 0.15) is 23.7 Å². The van der Waals surface area contributed by atoms with E-state index in [0.29, 0.717) is 32.0 Å². The third kappa shape index (κ3) is 7.01. The predicted octanol–water partition coefficient (Wildman–Crippen LogP) is 5.27. The maximum absolute atomic E-state index is 12.7. The van der Waals surface area contributed by atoms with Gasteiger partial charge in [0.2, 0.25) is 0 Å². The number of hydrogen-bond acceptors (Lipinski definition) is 7. The van der Waals surface area contributed by atoms with Crippen LogP contribution in [0.15, 0.2) is 58.9 Å². The summed E-state index contributed by atoms with van der Waals surface area (Å²) >= 11 is 0. The Hall–Kier alpha value is -3.71. The fourth-order valence-corrected chi connectivity index (χ4v) is 5.61. The molecule has 0 radical (unpaired) electrons. The second-order valence-corrected chi connectivity index (χ2v) is 11.1. The SMILES string of the molecule is C[C@H](OC1CCCCO1)c1nccn1Cc1cc(-c2ccc(C#CC3=CCN(C(=O)C4CCCCO4)CC3)cc2)on1. The molecule has 2 unspecified atom stereocenters. The molecule has 6 rings (SSSR count). The van der Waals surface area contributed by atoms with Crippen LogP contribution in [0.2, 0.25) is 0 Å². The monoisotopic (exact) mass is 570 g/mol. The molecule has 0 N–H and O–H groups in total. The van der Waals surface area contributed by atoms with E-state index in [4.69, 9.17) is 18.7 Å². The molecule has 2 saturated heterocycles. The molecule has 2 fully saturated rings. The van der Waals surface area contributed by atoms with Crippen LogP contribution in [0.1, 0.15) is 75.1 Å². The van der Waals surface area contributed by atoms with Crippen LogP contribution in [0.5, 0.6) is 0 Å². The van der Waals surface area contributed by atoms with Crippen LogP contribution in [0, 0.1) is 11.8 Å². The lowest BCUT2D eigenvalue weighted by molar-refractivity contribution is -0.188. The molecule has 9 heteroatoms. The first-order valence-corrected chi connectivity index (χ1v) is 15.1. The molecule has 0 bridgehead atoms. The molecule has 3 aromatic rings. The van der Waals surface area contributed by atoms with Crippen molar-refractivity contribution in [2.75, 3.05) is 26.3 Å². The summed E-state index contributed by atoms with van der Waals surface area (Å²) < 4.78 is 25.2. The van der Waals surface area contributed by atoms with E-state index in [-0.39, 0.29) is 24.4 Å². The van der Waals surface area contributed by atoms with Gasteiger partial charge in [-0.1, -0.05) is 23.1 Å². The van der Waals surface area contributed by atoms with Gasteiger partial charge in [-0.15, -0.1) is 0 Å². The number of benzene rings is 1. The van der Waals surface area contributed by atoms with Crippen LogP contribution < -0.4 is 0 Å². The Morgan fingerprint density at radius 2 is 1.93 bits per heavy atom. The summed E-state index contributed by atoms with van der Waals surface area (Å²) in [5, 5.41) is 4.29. The summed E-state index contributed by atoms with van der Waals surface area (Å²) in [4.78, 5) is 19.1. The van der Waals surface area contributed by atoms with Gasteiger partial charge in [0.25, 0.3) is 5.91 Å². The maximum Gasteiger partial charge on any atom is 0.251 e. The molecule has 9 nitrogen and oxygen atoms in total. The number of carbonyl (C=O) groups is 1. The number of ether oxygens (including phenoxy) is 3. The summed E-state index contributed by atoms with van der Waals surface area (Å²) in [5.41, 5.74) is 3.73. The molecule has 220 valence electrons. The van der Waals surface area contributed by atoms with Crippen LogP contribution in [0.25, 0.3) is 11.3 Å². The number of carbonyl (C=O) groups excluding carboxylic acids is 1. The second kappa shape index (κ2) is 13.5. The predicted molar refractivity (Wildman–Crippen MR) is 156 cm³/mol. The molecule has 0 saturated carbocycles. The zero-order valence-corrected chi connectivity index (χ0v) is 24.2. The van der Waals surface area contributed by atoms with Crippen molar-refractivity contribution < 1.29 is 23.5 Å². The van der Waals surface area contributed by atoms with Gasteiger partial charge in [0.05, 0.1) is 6.54 Å². The molecule has 2 aromatic heterocycles. The third-order valence-corrected chi connectivity index (χ3v) is 8.01. The van der Waals surface area contributed by atoms with E-state index in [1.54, 1.807) is 6.20 Å². The number of rotatable bonds is 7. The number of imidazole rings is 1. The van der Waals surface area contributed by atoms with Crippen molar-refractivity contribution in [1.82, 2.24) is 19.6 Å². The molecule has 1 aromatic carbocycles. The van der Waals surface area contributed by atoms with Gasteiger partial charge in [-0.05, 0) is 76.1 Å². The first kappa shape index (κ1) is 28.4. The number of nitrogens with zero attached hydrogens (tertiary/aromatic N) is 4. The average Bonchev–Trinajstić information content (AvgIpc) is 3.71. The Labute approximate surface area is 246 Å². The standard InChI is InChI=1S/C33H38N4O5/c1-24(41-31-7-3-5-21-40-31)32-34-16-19-37(32)23-28-22-30(42-35-28)27-12-10-25(11-13-27)8-9-26-14-17-36(18-15-26)33(38)29-6-2-4-20-39-29/h10-14,16,19,22,24,29,31H,2-7,15,17-18,20-21,23H2,1H3/t24-,29?,31?/m0/s1. The van der Waals surface area contributed by atoms with E-state index >= 15 is 0 Å². The molecule has 0 spiro atoms. The lowest BCUT2D eigenvalue weighted by Crippen LogP contribution is -2.43. The Kier molecular flexibility index (Phi) is 9.14. The highest BCUT2D eigenvalue weighted by molar-refractivity contribution is 5.81. The van der Waals surface area contributed by atoms with E-state index in [0.717, 1.165) is 79.8 Å². The summed E-state index contributed by atoms with van der Waals surface area (Å²) in [6.07, 6.45) is 12.0. The number of hydrogen-bond donors (Lipinski definition) is 0. The van der Waals surface area contributed by atoms with Crippen molar-refractivity contribution in [3.63, 3.8) is 0 Å². The third-order valence-electron chi connectivity index (χ3n) is 8.01. The minimum absolute atomic E-state index is 0.114. The molecule has 3 aliphatic heterocycles. The van der Waals surface area contributed by atoms with Crippen LogP contribution in [0.3, 0.4) is 0 Å². The highest BCUT2D eigenvalue weighted by Crippen LogP contribution is 2.25. The van der Waals surface area contributed by atoms with Crippen LogP contribution in [0.4, 0.5) is 0 Å². The van der Waals surface area contributed by atoms with E-state index in [9.17, 15) is 4.79 Å². The first-order chi connectivity index (χ1) is 20.6. The number of amides is 1. The zero-order valence-electron chi connectivity index (χ0n) is 24.2. The molecule has 3 atom stereocenters. The Balaban J connectivity index is 1.03. The molecule has 0 aliphatic carbocycles. The lowest BCUT2D eigenvalue weighted by atomic mass is 10.0. The molecule has 1 amide bonds. The average molecular weight is 571 g/mol. The van der Waals surface area contributed by atoms with Crippen molar-refractivity contribution in [2.24, 2.45) is 0 Å².